The first-order valence-electron chi connectivity index (χ1n) is 4.10. The van der Waals surface area contributed by atoms with Crippen LogP contribution in [0.25, 0.3) is 11.1 Å². The van der Waals surface area contributed by atoms with Crippen LogP contribution in [-0.2, 0) is 7.05 Å². The van der Waals surface area contributed by atoms with Gasteiger partial charge in [-0.2, -0.15) is 5.10 Å². The van der Waals surface area contributed by atoms with Crippen molar-refractivity contribution in [2.24, 2.45) is 7.05 Å². The van der Waals surface area contributed by atoms with Crippen LogP contribution in [0.3, 0.4) is 0 Å². The molecule has 2 aromatic rings. The zero-order valence-electron chi connectivity index (χ0n) is 7.54. The van der Waals surface area contributed by atoms with Crippen molar-refractivity contribution in [2.75, 3.05) is 0 Å². The fraction of sp³-hybridized carbons (Fsp3) is 0.100. The average Bonchev–Trinajstić information content (AvgIpc) is 2.50. The molecule has 0 fully saturated rings. The molecular formula is C10H8Cl2N2. The second kappa shape index (κ2) is 3.64. The highest BCUT2D eigenvalue weighted by molar-refractivity contribution is 6.35. The molecule has 0 aliphatic carbocycles. The first-order valence-corrected chi connectivity index (χ1v) is 4.86. The first kappa shape index (κ1) is 9.56. The van der Waals surface area contributed by atoms with Gasteiger partial charge in [0.05, 0.1) is 6.20 Å². The number of benzene rings is 1. The van der Waals surface area contributed by atoms with Gasteiger partial charge in [-0.1, -0.05) is 23.2 Å². The van der Waals surface area contributed by atoms with E-state index in [1.807, 2.05) is 25.4 Å². The average molecular weight is 227 g/mol. The van der Waals surface area contributed by atoms with Gasteiger partial charge in [0.25, 0.3) is 0 Å². The summed E-state index contributed by atoms with van der Waals surface area (Å²) in [5.74, 6) is 0. The minimum atomic E-state index is 0.636. The predicted molar refractivity (Wildman–Crippen MR) is 58.7 cm³/mol. The van der Waals surface area contributed by atoms with Crippen molar-refractivity contribution in [1.29, 1.82) is 0 Å². The van der Waals surface area contributed by atoms with E-state index in [0.29, 0.717) is 10.0 Å². The van der Waals surface area contributed by atoms with Gasteiger partial charge in [0.15, 0.2) is 0 Å². The van der Waals surface area contributed by atoms with Crippen LogP contribution in [0.15, 0.2) is 30.6 Å². The first-order chi connectivity index (χ1) is 6.65. The Hall–Kier alpha value is -0.990. The summed E-state index contributed by atoms with van der Waals surface area (Å²) in [6, 6.07) is 5.44. The van der Waals surface area contributed by atoms with Gasteiger partial charge in [-0.15, -0.1) is 0 Å². The zero-order chi connectivity index (χ0) is 10.1. The van der Waals surface area contributed by atoms with Crippen LogP contribution in [-0.4, -0.2) is 9.78 Å². The monoisotopic (exact) mass is 226 g/mol. The van der Waals surface area contributed by atoms with E-state index in [9.17, 15) is 0 Å². The Morgan fingerprint density at radius 1 is 1.07 bits per heavy atom. The fourth-order valence-electron chi connectivity index (χ4n) is 1.29. The molecule has 2 nitrogen and oxygen atoms in total. The third-order valence-electron chi connectivity index (χ3n) is 1.90. The molecular weight excluding hydrogens is 219 g/mol. The van der Waals surface area contributed by atoms with Gasteiger partial charge < -0.3 is 0 Å². The zero-order valence-corrected chi connectivity index (χ0v) is 9.05. The molecule has 0 aliphatic rings. The molecule has 0 radical (unpaired) electrons. The maximum absolute atomic E-state index is 5.90. The summed E-state index contributed by atoms with van der Waals surface area (Å²) < 4.78 is 1.74. The summed E-state index contributed by atoms with van der Waals surface area (Å²) in [5, 5.41) is 5.35. The number of aryl methyl sites for hydroxylation is 1. The number of nitrogens with zero attached hydrogens (tertiary/aromatic N) is 2. The van der Waals surface area contributed by atoms with E-state index in [2.05, 4.69) is 5.10 Å². The van der Waals surface area contributed by atoms with Crippen molar-refractivity contribution in [1.82, 2.24) is 9.78 Å². The SMILES string of the molecule is Cn1cc(-c2cc(Cl)cc(Cl)c2)cn1. The van der Waals surface area contributed by atoms with E-state index in [0.717, 1.165) is 11.1 Å². The Labute approximate surface area is 92.1 Å². The lowest BCUT2D eigenvalue weighted by Gasteiger charge is -1.99. The third-order valence-corrected chi connectivity index (χ3v) is 2.34. The molecule has 1 aromatic carbocycles. The normalized spacial score (nSPS) is 10.5. The second-order valence-corrected chi connectivity index (χ2v) is 3.93. The molecule has 0 atom stereocenters. The minimum Gasteiger partial charge on any atom is -0.275 e. The van der Waals surface area contributed by atoms with Gasteiger partial charge in [0, 0.05) is 28.9 Å². The Morgan fingerprint density at radius 3 is 2.21 bits per heavy atom. The lowest BCUT2D eigenvalue weighted by Crippen LogP contribution is -1.84. The molecule has 0 unspecified atom stereocenters. The Bertz CT molecular complexity index is 443. The van der Waals surface area contributed by atoms with Gasteiger partial charge in [0.1, 0.15) is 0 Å². The van der Waals surface area contributed by atoms with Gasteiger partial charge in [0.2, 0.25) is 0 Å². The Balaban J connectivity index is 2.51. The van der Waals surface area contributed by atoms with Crippen LogP contribution in [0, 0.1) is 0 Å². The molecule has 0 spiro atoms. The van der Waals surface area contributed by atoms with Crippen LogP contribution in [0.5, 0.6) is 0 Å². The van der Waals surface area contributed by atoms with Crippen molar-refractivity contribution in [3.05, 3.63) is 40.6 Å². The molecule has 1 aromatic heterocycles. The Kier molecular flexibility index (Phi) is 2.48. The summed E-state index contributed by atoms with van der Waals surface area (Å²) in [5.41, 5.74) is 1.99. The van der Waals surface area contributed by atoms with E-state index >= 15 is 0 Å². The highest BCUT2D eigenvalue weighted by atomic mass is 35.5. The summed E-state index contributed by atoms with van der Waals surface area (Å²) in [7, 11) is 1.87. The number of aromatic nitrogens is 2. The van der Waals surface area contributed by atoms with Crippen LogP contribution < -0.4 is 0 Å². The van der Waals surface area contributed by atoms with Crippen molar-refractivity contribution in [2.45, 2.75) is 0 Å². The predicted octanol–water partition coefficient (Wildman–Crippen LogP) is 3.39. The standard InChI is InChI=1S/C10H8Cl2N2/c1-14-6-8(5-13-14)7-2-9(11)4-10(12)3-7/h2-6H,1H3. The summed E-state index contributed by atoms with van der Waals surface area (Å²) in [6.45, 7) is 0. The van der Waals surface area contributed by atoms with Gasteiger partial charge >= 0.3 is 0 Å². The van der Waals surface area contributed by atoms with Crippen LogP contribution in [0.2, 0.25) is 10.0 Å². The van der Waals surface area contributed by atoms with E-state index in [4.69, 9.17) is 23.2 Å². The fourth-order valence-corrected chi connectivity index (χ4v) is 1.82. The van der Waals surface area contributed by atoms with Crippen LogP contribution >= 0.6 is 23.2 Å². The highest BCUT2D eigenvalue weighted by Crippen LogP contribution is 2.26. The van der Waals surface area contributed by atoms with Crippen molar-refractivity contribution >= 4 is 23.2 Å². The number of hydrogen-bond acceptors (Lipinski definition) is 1. The molecule has 2 rings (SSSR count). The van der Waals surface area contributed by atoms with Crippen molar-refractivity contribution < 1.29 is 0 Å². The molecule has 0 bridgehead atoms. The smallest absolute Gasteiger partial charge is 0.0568 e. The molecule has 0 saturated heterocycles. The largest absolute Gasteiger partial charge is 0.275 e. The van der Waals surface area contributed by atoms with Gasteiger partial charge in [-0.25, -0.2) is 0 Å². The van der Waals surface area contributed by atoms with Crippen molar-refractivity contribution in [3.8, 4) is 11.1 Å². The van der Waals surface area contributed by atoms with Crippen molar-refractivity contribution in [3.63, 3.8) is 0 Å². The Morgan fingerprint density at radius 2 is 1.71 bits per heavy atom. The quantitative estimate of drug-likeness (QED) is 0.730. The molecule has 0 aliphatic heterocycles. The van der Waals surface area contributed by atoms with E-state index < -0.39 is 0 Å². The topological polar surface area (TPSA) is 17.8 Å². The van der Waals surface area contributed by atoms with Crippen LogP contribution in [0.4, 0.5) is 0 Å². The van der Waals surface area contributed by atoms with Gasteiger partial charge in [-0.05, 0) is 23.8 Å². The molecule has 0 amide bonds. The van der Waals surface area contributed by atoms with Crippen LogP contribution in [0.1, 0.15) is 0 Å². The maximum atomic E-state index is 5.90. The summed E-state index contributed by atoms with van der Waals surface area (Å²) in [6.07, 6.45) is 3.70. The minimum absolute atomic E-state index is 0.636. The number of halogens is 2. The summed E-state index contributed by atoms with van der Waals surface area (Å²) in [4.78, 5) is 0. The molecule has 72 valence electrons. The molecule has 0 N–H and O–H groups in total. The van der Waals surface area contributed by atoms with E-state index in [1.54, 1.807) is 16.9 Å². The van der Waals surface area contributed by atoms with E-state index in [1.165, 1.54) is 0 Å². The molecule has 4 heteroatoms. The molecule has 0 saturated carbocycles. The lowest BCUT2D eigenvalue weighted by molar-refractivity contribution is 0.768. The lowest BCUT2D eigenvalue weighted by atomic mass is 10.1. The number of hydrogen-bond donors (Lipinski definition) is 0. The second-order valence-electron chi connectivity index (χ2n) is 3.06. The van der Waals surface area contributed by atoms with Gasteiger partial charge in [-0.3, -0.25) is 4.68 Å². The molecule has 1 heterocycles. The summed E-state index contributed by atoms with van der Waals surface area (Å²) >= 11 is 11.8. The molecule has 14 heavy (non-hydrogen) atoms. The number of rotatable bonds is 1. The third kappa shape index (κ3) is 1.91. The highest BCUT2D eigenvalue weighted by Gasteiger charge is 2.02. The van der Waals surface area contributed by atoms with E-state index in [-0.39, 0.29) is 0 Å². The maximum Gasteiger partial charge on any atom is 0.0568 e.